The van der Waals surface area contributed by atoms with Crippen molar-refractivity contribution in [2.75, 3.05) is 6.54 Å². The minimum Gasteiger partial charge on any atom is -0.480 e. The van der Waals surface area contributed by atoms with E-state index < -0.39 is 12.0 Å². The molecule has 1 rings (SSSR count). The summed E-state index contributed by atoms with van der Waals surface area (Å²) in [6, 6.07) is -0.596. The molecule has 1 aliphatic rings. The molecule has 0 aromatic rings. The Morgan fingerprint density at radius 2 is 2.29 bits per heavy atom. The topological polar surface area (TPSA) is 57.6 Å². The zero-order valence-corrected chi connectivity index (χ0v) is 8.48. The number of carbonyl (C=O) groups excluding carboxylic acids is 1. The molecule has 0 bridgehead atoms. The fourth-order valence-electron chi connectivity index (χ4n) is 1.89. The zero-order valence-electron chi connectivity index (χ0n) is 8.48. The van der Waals surface area contributed by atoms with Gasteiger partial charge in [0.05, 0.1) is 0 Å². The highest BCUT2D eigenvalue weighted by molar-refractivity contribution is 5.76. The lowest BCUT2D eigenvalue weighted by Gasteiger charge is -2.36. The van der Waals surface area contributed by atoms with Gasteiger partial charge in [0.15, 0.2) is 0 Å². The molecule has 14 heavy (non-hydrogen) atoms. The summed E-state index contributed by atoms with van der Waals surface area (Å²) < 4.78 is 0. The van der Waals surface area contributed by atoms with Gasteiger partial charge >= 0.3 is 5.97 Å². The maximum atomic E-state index is 11.0. The van der Waals surface area contributed by atoms with E-state index in [4.69, 9.17) is 5.11 Å². The predicted octanol–water partition coefficient (Wildman–Crippen LogP) is 1.11. The first-order chi connectivity index (χ1) is 6.70. The highest BCUT2D eigenvalue weighted by Crippen LogP contribution is 2.32. The standard InChI is InChI=1S/C10H17NO3/c1-2-6-11(7-12)9(10(13)14)8-4-3-5-8/h7-9H,2-6H2,1H3,(H,13,14). The van der Waals surface area contributed by atoms with Crippen LogP contribution in [0.5, 0.6) is 0 Å². The highest BCUT2D eigenvalue weighted by Gasteiger charge is 2.36. The first kappa shape index (κ1) is 11.0. The van der Waals surface area contributed by atoms with E-state index in [1.165, 1.54) is 4.90 Å². The van der Waals surface area contributed by atoms with Gasteiger partial charge in [-0.1, -0.05) is 13.3 Å². The molecule has 80 valence electrons. The molecule has 0 aliphatic heterocycles. The number of hydrogen-bond acceptors (Lipinski definition) is 2. The number of carboxylic acids is 1. The van der Waals surface area contributed by atoms with Crippen LogP contribution in [0.1, 0.15) is 32.6 Å². The minimum absolute atomic E-state index is 0.171. The summed E-state index contributed by atoms with van der Waals surface area (Å²) >= 11 is 0. The second-order valence-electron chi connectivity index (χ2n) is 3.82. The normalized spacial score (nSPS) is 18.4. The quantitative estimate of drug-likeness (QED) is 0.652. The number of aliphatic carboxylic acids is 1. The molecular formula is C10H17NO3. The third-order valence-corrected chi connectivity index (χ3v) is 2.82. The third kappa shape index (κ3) is 2.25. The van der Waals surface area contributed by atoms with Crippen LogP contribution in [-0.4, -0.2) is 35.0 Å². The van der Waals surface area contributed by atoms with E-state index in [1.807, 2.05) is 6.92 Å². The van der Waals surface area contributed by atoms with Gasteiger partial charge in [0.2, 0.25) is 6.41 Å². The molecule has 0 radical (unpaired) electrons. The van der Waals surface area contributed by atoms with Gasteiger partial charge in [-0.05, 0) is 25.2 Å². The van der Waals surface area contributed by atoms with Crippen molar-refractivity contribution in [2.45, 2.75) is 38.6 Å². The Morgan fingerprint density at radius 1 is 1.64 bits per heavy atom. The van der Waals surface area contributed by atoms with Crippen molar-refractivity contribution in [1.82, 2.24) is 4.90 Å². The molecule has 4 nitrogen and oxygen atoms in total. The van der Waals surface area contributed by atoms with Crippen LogP contribution in [0.2, 0.25) is 0 Å². The summed E-state index contributed by atoms with van der Waals surface area (Å²) in [7, 11) is 0. The van der Waals surface area contributed by atoms with Gasteiger partial charge in [0.1, 0.15) is 6.04 Å². The van der Waals surface area contributed by atoms with Crippen molar-refractivity contribution in [1.29, 1.82) is 0 Å². The predicted molar refractivity (Wildman–Crippen MR) is 51.8 cm³/mol. The summed E-state index contributed by atoms with van der Waals surface area (Å²) in [5.41, 5.74) is 0. The SMILES string of the molecule is CCCN(C=O)C(C(=O)O)C1CCC1. The van der Waals surface area contributed by atoms with Gasteiger partial charge in [-0.2, -0.15) is 0 Å². The Kier molecular flexibility index (Phi) is 3.92. The summed E-state index contributed by atoms with van der Waals surface area (Å²) in [5, 5.41) is 9.04. The van der Waals surface area contributed by atoms with Crippen LogP contribution >= 0.6 is 0 Å². The maximum Gasteiger partial charge on any atom is 0.326 e. The lowest BCUT2D eigenvalue weighted by Crippen LogP contribution is -2.48. The molecule has 1 fully saturated rings. The van der Waals surface area contributed by atoms with Crippen molar-refractivity contribution in [3.63, 3.8) is 0 Å². The first-order valence-electron chi connectivity index (χ1n) is 5.14. The highest BCUT2D eigenvalue weighted by atomic mass is 16.4. The van der Waals surface area contributed by atoms with Crippen molar-refractivity contribution >= 4 is 12.4 Å². The molecular weight excluding hydrogens is 182 g/mol. The van der Waals surface area contributed by atoms with Crippen LogP contribution in [0.25, 0.3) is 0 Å². The van der Waals surface area contributed by atoms with E-state index in [0.29, 0.717) is 13.0 Å². The lowest BCUT2D eigenvalue weighted by molar-refractivity contribution is -0.150. The average Bonchev–Trinajstić information content (AvgIpc) is 2.07. The summed E-state index contributed by atoms with van der Waals surface area (Å²) in [6.07, 6.45) is 4.43. The molecule has 0 saturated heterocycles. The Morgan fingerprint density at radius 3 is 2.57 bits per heavy atom. The van der Waals surface area contributed by atoms with Crippen LogP contribution in [-0.2, 0) is 9.59 Å². The number of nitrogens with zero attached hydrogens (tertiary/aromatic N) is 1. The Labute approximate surface area is 83.9 Å². The van der Waals surface area contributed by atoms with Gasteiger partial charge in [-0.25, -0.2) is 4.79 Å². The summed E-state index contributed by atoms with van der Waals surface area (Å²) in [6.45, 7) is 2.48. The van der Waals surface area contributed by atoms with E-state index in [0.717, 1.165) is 25.7 Å². The number of hydrogen-bond donors (Lipinski definition) is 1. The first-order valence-corrected chi connectivity index (χ1v) is 5.14. The average molecular weight is 199 g/mol. The molecule has 1 amide bonds. The van der Waals surface area contributed by atoms with Crippen LogP contribution < -0.4 is 0 Å². The van der Waals surface area contributed by atoms with Crippen LogP contribution in [0.4, 0.5) is 0 Å². The van der Waals surface area contributed by atoms with Gasteiger partial charge < -0.3 is 10.0 Å². The Bertz CT molecular complexity index is 213. The Balaban J connectivity index is 2.62. The van der Waals surface area contributed by atoms with Crippen molar-refractivity contribution < 1.29 is 14.7 Å². The fourth-order valence-corrected chi connectivity index (χ4v) is 1.89. The van der Waals surface area contributed by atoms with E-state index in [2.05, 4.69) is 0 Å². The smallest absolute Gasteiger partial charge is 0.326 e. The molecule has 1 aliphatic carbocycles. The minimum atomic E-state index is -0.866. The summed E-state index contributed by atoms with van der Waals surface area (Å²) in [4.78, 5) is 23.2. The number of carboxylic acid groups (broad SMARTS) is 1. The third-order valence-electron chi connectivity index (χ3n) is 2.82. The molecule has 1 saturated carbocycles. The van der Waals surface area contributed by atoms with Gasteiger partial charge in [-0.15, -0.1) is 0 Å². The van der Waals surface area contributed by atoms with Gasteiger partial charge in [0, 0.05) is 6.54 Å². The van der Waals surface area contributed by atoms with E-state index >= 15 is 0 Å². The maximum absolute atomic E-state index is 11.0. The van der Waals surface area contributed by atoms with E-state index in [9.17, 15) is 9.59 Å². The monoisotopic (exact) mass is 199 g/mol. The fraction of sp³-hybridized carbons (Fsp3) is 0.800. The van der Waals surface area contributed by atoms with Crippen LogP contribution in [0, 0.1) is 5.92 Å². The van der Waals surface area contributed by atoms with E-state index in [-0.39, 0.29) is 5.92 Å². The second kappa shape index (κ2) is 4.98. The second-order valence-corrected chi connectivity index (χ2v) is 3.82. The molecule has 0 aromatic carbocycles. The molecule has 0 aromatic heterocycles. The van der Waals surface area contributed by atoms with Gasteiger partial charge in [-0.3, -0.25) is 4.79 Å². The molecule has 1 atom stereocenters. The van der Waals surface area contributed by atoms with E-state index in [1.54, 1.807) is 0 Å². The number of carbonyl (C=O) groups is 2. The van der Waals surface area contributed by atoms with Crippen molar-refractivity contribution in [3.05, 3.63) is 0 Å². The van der Waals surface area contributed by atoms with Crippen molar-refractivity contribution in [2.24, 2.45) is 5.92 Å². The largest absolute Gasteiger partial charge is 0.480 e. The van der Waals surface area contributed by atoms with Crippen molar-refractivity contribution in [3.8, 4) is 0 Å². The molecule has 4 heteroatoms. The lowest BCUT2D eigenvalue weighted by atomic mass is 9.79. The number of rotatable bonds is 6. The molecule has 0 heterocycles. The molecule has 1 N–H and O–H groups in total. The molecule has 1 unspecified atom stereocenters. The van der Waals surface area contributed by atoms with Gasteiger partial charge in [0.25, 0.3) is 0 Å². The number of amides is 1. The Hall–Kier alpha value is -1.06. The zero-order chi connectivity index (χ0) is 10.6. The van der Waals surface area contributed by atoms with Crippen LogP contribution in [0.3, 0.4) is 0 Å². The molecule has 0 spiro atoms. The summed E-state index contributed by atoms with van der Waals surface area (Å²) in [5.74, 6) is -0.695. The van der Waals surface area contributed by atoms with Crippen LogP contribution in [0.15, 0.2) is 0 Å².